The van der Waals surface area contributed by atoms with Crippen molar-refractivity contribution in [3.8, 4) is 11.8 Å². The summed E-state index contributed by atoms with van der Waals surface area (Å²) in [4.78, 5) is 11.8. The second-order valence-corrected chi connectivity index (χ2v) is 3.56. The van der Waals surface area contributed by atoms with Crippen molar-refractivity contribution in [1.82, 2.24) is 5.32 Å². The molecule has 0 aromatic carbocycles. The molecular formula is C10H11NO3S. The number of ether oxygens (including phenoxy) is 1. The molecule has 1 amide bonds. The zero-order valence-electron chi connectivity index (χ0n) is 8.24. The number of nitrogens with one attached hydrogen (secondary N) is 1. The molecule has 0 aliphatic heterocycles. The molecule has 0 aliphatic rings. The number of methoxy groups -OCH3 is 1. The molecule has 0 saturated carbocycles. The standard InChI is InChI=1S/C10H11NO3S/c1-14-10(13)11-7-9-8(3-2-5-12)4-6-15-9/h4,6,12H,5,7H2,1H3,(H,11,13). The summed E-state index contributed by atoms with van der Waals surface area (Å²) in [7, 11) is 1.32. The van der Waals surface area contributed by atoms with Gasteiger partial charge in [0.15, 0.2) is 0 Å². The highest BCUT2D eigenvalue weighted by molar-refractivity contribution is 7.10. The molecule has 0 radical (unpaired) electrons. The summed E-state index contributed by atoms with van der Waals surface area (Å²) in [5.74, 6) is 5.36. The van der Waals surface area contributed by atoms with E-state index in [0.717, 1.165) is 10.4 Å². The summed E-state index contributed by atoms with van der Waals surface area (Å²) < 4.78 is 4.45. The number of aliphatic hydroxyl groups excluding tert-OH is 1. The number of amides is 1. The lowest BCUT2D eigenvalue weighted by Crippen LogP contribution is -2.22. The third-order valence-electron chi connectivity index (χ3n) is 1.63. The van der Waals surface area contributed by atoms with Crippen LogP contribution in [0.2, 0.25) is 0 Å². The number of carbonyl (C=O) groups excluding carboxylic acids is 1. The van der Waals surface area contributed by atoms with Crippen LogP contribution >= 0.6 is 11.3 Å². The van der Waals surface area contributed by atoms with E-state index in [4.69, 9.17) is 5.11 Å². The van der Waals surface area contributed by atoms with Crippen molar-refractivity contribution in [3.05, 3.63) is 21.9 Å². The number of aliphatic hydroxyl groups is 1. The van der Waals surface area contributed by atoms with Gasteiger partial charge in [-0.2, -0.15) is 0 Å². The van der Waals surface area contributed by atoms with E-state index < -0.39 is 6.09 Å². The average Bonchev–Trinajstić information content (AvgIpc) is 2.70. The Balaban J connectivity index is 2.61. The number of thiophene rings is 1. The molecule has 4 nitrogen and oxygen atoms in total. The van der Waals surface area contributed by atoms with Crippen LogP contribution in [0.3, 0.4) is 0 Å². The molecule has 0 unspecified atom stereocenters. The van der Waals surface area contributed by atoms with Gasteiger partial charge in [0.25, 0.3) is 0 Å². The van der Waals surface area contributed by atoms with Gasteiger partial charge in [-0.3, -0.25) is 0 Å². The molecule has 0 atom stereocenters. The fraction of sp³-hybridized carbons (Fsp3) is 0.300. The van der Waals surface area contributed by atoms with Crippen molar-refractivity contribution in [2.45, 2.75) is 6.54 Å². The molecular weight excluding hydrogens is 214 g/mol. The van der Waals surface area contributed by atoms with Crippen molar-refractivity contribution in [3.63, 3.8) is 0 Å². The molecule has 1 heterocycles. The zero-order valence-corrected chi connectivity index (χ0v) is 9.06. The average molecular weight is 225 g/mol. The molecule has 15 heavy (non-hydrogen) atoms. The molecule has 1 aromatic rings. The maximum absolute atomic E-state index is 10.8. The third kappa shape index (κ3) is 3.62. The molecule has 1 aromatic heterocycles. The minimum atomic E-state index is -0.468. The lowest BCUT2D eigenvalue weighted by molar-refractivity contribution is 0.170. The fourth-order valence-electron chi connectivity index (χ4n) is 0.948. The van der Waals surface area contributed by atoms with E-state index in [1.807, 2.05) is 11.4 Å². The first-order chi connectivity index (χ1) is 7.27. The molecule has 0 saturated heterocycles. The Morgan fingerprint density at radius 2 is 2.53 bits per heavy atom. The zero-order chi connectivity index (χ0) is 11.1. The Morgan fingerprint density at radius 1 is 1.73 bits per heavy atom. The third-order valence-corrected chi connectivity index (χ3v) is 2.55. The lowest BCUT2D eigenvalue weighted by atomic mass is 10.2. The fourth-order valence-corrected chi connectivity index (χ4v) is 1.72. The summed E-state index contributed by atoms with van der Waals surface area (Å²) in [5.41, 5.74) is 0.824. The van der Waals surface area contributed by atoms with Crippen LogP contribution < -0.4 is 5.32 Å². The van der Waals surface area contributed by atoms with Crippen molar-refractivity contribution in [2.24, 2.45) is 0 Å². The van der Waals surface area contributed by atoms with E-state index >= 15 is 0 Å². The van der Waals surface area contributed by atoms with Crippen molar-refractivity contribution < 1.29 is 14.6 Å². The second kappa shape index (κ2) is 6.06. The van der Waals surface area contributed by atoms with Crippen LogP contribution in [0, 0.1) is 11.8 Å². The van der Waals surface area contributed by atoms with Crippen LogP contribution in [0.15, 0.2) is 11.4 Å². The van der Waals surface area contributed by atoms with E-state index in [9.17, 15) is 4.79 Å². The number of hydrogen-bond donors (Lipinski definition) is 2. The normalized spacial score (nSPS) is 8.93. The molecule has 0 fully saturated rings. The Kier molecular flexibility index (Phi) is 4.68. The van der Waals surface area contributed by atoms with E-state index in [1.54, 1.807) is 0 Å². The molecule has 2 N–H and O–H groups in total. The summed E-state index contributed by atoms with van der Waals surface area (Å²) in [6, 6.07) is 1.85. The van der Waals surface area contributed by atoms with E-state index in [-0.39, 0.29) is 6.61 Å². The van der Waals surface area contributed by atoms with Crippen LogP contribution in [0.5, 0.6) is 0 Å². The highest BCUT2D eigenvalue weighted by Gasteiger charge is 2.04. The minimum Gasteiger partial charge on any atom is -0.453 e. The highest BCUT2D eigenvalue weighted by atomic mass is 32.1. The van der Waals surface area contributed by atoms with Crippen LogP contribution in [-0.4, -0.2) is 24.9 Å². The Hall–Kier alpha value is -1.51. The van der Waals surface area contributed by atoms with Crippen LogP contribution in [0.4, 0.5) is 4.79 Å². The SMILES string of the molecule is COC(=O)NCc1sccc1C#CCO. The van der Waals surface area contributed by atoms with Gasteiger partial charge in [-0.1, -0.05) is 11.8 Å². The monoisotopic (exact) mass is 225 g/mol. The number of hydrogen-bond acceptors (Lipinski definition) is 4. The smallest absolute Gasteiger partial charge is 0.407 e. The van der Waals surface area contributed by atoms with Gasteiger partial charge in [0, 0.05) is 10.4 Å². The van der Waals surface area contributed by atoms with Crippen molar-refractivity contribution in [1.29, 1.82) is 0 Å². The maximum atomic E-state index is 10.8. The predicted octanol–water partition coefficient (Wildman–Crippen LogP) is 0.948. The molecule has 80 valence electrons. The quantitative estimate of drug-likeness (QED) is 0.737. The van der Waals surface area contributed by atoms with Gasteiger partial charge in [-0.05, 0) is 11.4 Å². The molecule has 0 spiro atoms. The summed E-state index contributed by atoms with van der Waals surface area (Å²) >= 11 is 1.50. The number of carbonyl (C=O) groups is 1. The van der Waals surface area contributed by atoms with Gasteiger partial charge in [0.05, 0.1) is 13.7 Å². The summed E-state index contributed by atoms with van der Waals surface area (Å²) in [5, 5.41) is 13.0. The van der Waals surface area contributed by atoms with Gasteiger partial charge in [-0.25, -0.2) is 4.79 Å². The van der Waals surface area contributed by atoms with Crippen LogP contribution in [-0.2, 0) is 11.3 Å². The van der Waals surface area contributed by atoms with Crippen LogP contribution in [0.1, 0.15) is 10.4 Å². The number of rotatable bonds is 2. The lowest BCUT2D eigenvalue weighted by Gasteiger charge is -2.01. The Bertz CT molecular complexity index is 389. The van der Waals surface area contributed by atoms with Crippen molar-refractivity contribution >= 4 is 17.4 Å². The van der Waals surface area contributed by atoms with E-state index in [2.05, 4.69) is 21.9 Å². The first-order valence-corrected chi connectivity index (χ1v) is 5.13. The second-order valence-electron chi connectivity index (χ2n) is 2.56. The van der Waals surface area contributed by atoms with E-state index in [0.29, 0.717) is 6.54 Å². The Morgan fingerprint density at radius 3 is 3.20 bits per heavy atom. The molecule has 0 bridgehead atoms. The van der Waals surface area contributed by atoms with Crippen LogP contribution in [0.25, 0.3) is 0 Å². The maximum Gasteiger partial charge on any atom is 0.407 e. The molecule has 5 heteroatoms. The molecule has 0 aliphatic carbocycles. The number of alkyl carbamates (subject to hydrolysis) is 1. The highest BCUT2D eigenvalue weighted by Crippen LogP contribution is 2.15. The predicted molar refractivity (Wildman–Crippen MR) is 57.5 cm³/mol. The topological polar surface area (TPSA) is 58.6 Å². The van der Waals surface area contributed by atoms with Gasteiger partial charge >= 0.3 is 6.09 Å². The first kappa shape index (κ1) is 11.6. The van der Waals surface area contributed by atoms with Crippen molar-refractivity contribution in [2.75, 3.05) is 13.7 Å². The van der Waals surface area contributed by atoms with Gasteiger partial charge in [0.2, 0.25) is 0 Å². The summed E-state index contributed by atoms with van der Waals surface area (Å²) in [6.07, 6.45) is -0.468. The largest absolute Gasteiger partial charge is 0.453 e. The first-order valence-electron chi connectivity index (χ1n) is 4.26. The Labute approximate surface area is 91.9 Å². The summed E-state index contributed by atoms with van der Waals surface area (Å²) in [6.45, 7) is 0.222. The van der Waals surface area contributed by atoms with Gasteiger partial charge in [0.1, 0.15) is 6.61 Å². The molecule has 1 rings (SSSR count). The minimum absolute atomic E-state index is 0.167. The van der Waals surface area contributed by atoms with E-state index in [1.165, 1.54) is 18.4 Å². The van der Waals surface area contributed by atoms with Gasteiger partial charge < -0.3 is 15.2 Å². The van der Waals surface area contributed by atoms with Gasteiger partial charge in [-0.15, -0.1) is 11.3 Å².